The number of nitrogens with one attached hydrogen (secondary N) is 1. The molecule has 0 spiro atoms. The van der Waals surface area contributed by atoms with Crippen molar-refractivity contribution in [1.82, 2.24) is 25.1 Å². The Balaban J connectivity index is 1.38. The molecule has 2 heterocycles. The number of benzene rings is 1. The van der Waals surface area contributed by atoms with Gasteiger partial charge in [0.2, 0.25) is 5.91 Å². The number of rotatable bonds is 8. The smallest absolute Gasteiger partial charge is 0.233 e. The highest BCUT2D eigenvalue weighted by Crippen LogP contribution is 2.41. The lowest BCUT2D eigenvalue weighted by Gasteiger charge is -2.13. The molecule has 3 aromatic rings. The molecule has 1 amide bonds. The topological polar surface area (TPSA) is 72.7 Å². The fraction of sp³-hybridized carbons (Fsp3) is 0.333. The maximum Gasteiger partial charge on any atom is 0.233 e. The predicted molar refractivity (Wildman–Crippen MR) is 110 cm³/mol. The van der Waals surface area contributed by atoms with Crippen molar-refractivity contribution in [2.75, 3.05) is 6.54 Å². The minimum atomic E-state index is -0.296. The van der Waals surface area contributed by atoms with Crippen molar-refractivity contribution >= 4 is 17.7 Å². The highest BCUT2D eigenvalue weighted by atomic mass is 32.2. The lowest BCUT2D eigenvalue weighted by atomic mass is 10.1. The van der Waals surface area contributed by atoms with Crippen LogP contribution in [0.2, 0.25) is 0 Å². The standard InChI is InChI=1S/C21H22FN5OS/c1-14(20(28)24-13-8-15-2-4-17(22)5-3-15)29-21-26-25-19(27(21)18-6-7-18)16-9-11-23-12-10-16/h2-5,9-12,14,18H,6-8,13H2,1H3,(H,24,28)/t14-/m1/s1. The summed E-state index contributed by atoms with van der Waals surface area (Å²) in [6, 6.07) is 10.6. The molecule has 6 nitrogen and oxygen atoms in total. The maximum atomic E-state index is 13.0. The molecule has 2 aromatic heterocycles. The number of hydrogen-bond acceptors (Lipinski definition) is 5. The summed E-state index contributed by atoms with van der Waals surface area (Å²) in [5.41, 5.74) is 1.96. The molecule has 1 saturated carbocycles. The Labute approximate surface area is 173 Å². The van der Waals surface area contributed by atoms with Crippen molar-refractivity contribution in [1.29, 1.82) is 0 Å². The normalized spacial score (nSPS) is 14.6. The first-order valence-corrected chi connectivity index (χ1v) is 10.5. The quantitative estimate of drug-likeness (QED) is 0.573. The van der Waals surface area contributed by atoms with E-state index in [0.29, 0.717) is 19.0 Å². The van der Waals surface area contributed by atoms with Crippen molar-refractivity contribution in [3.8, 4) is 11.4 Å². The summed E-state index contributed by atoms with van der Waals surface area (Å²) < 4.78 is 15.1. The first-order valence-electron chi connectivity index (χ1n) is 9.66. The van der Waals surface area contributed by atoms with Crippen LogP contribution in [0, 0.1) is 5.82 Å². The number of thioether (sulfide) groups is 1. The lowest BCUT2D eigenvalue weighted by Crippen LogP contribution is -2.32. The van der Waals surface area contributed by atoms with Crippen LogP contribution in [0.25, 0.3) is 11.4 Å². The number of hydrogen-bond donors (Lipinski definition) is 1. The zero-order valence-electron chi connectivity index (χ0n) is 16.1. The first kappa shape index (κ1) is 19.6. The van der Waals surface area contributed by atoms with Gasteiger partial charge in [-0.25, -0.2) is 4.39 Å². The SMILES string of the molecule is C[C@@H](Sc1nnc(-c2ccncc2)n1C1CC1)C(=O)NCCc1ccc(F)cc1. The van der Waals surface area contributed by atoms with Crippen molar-refractivity contribution in [2.45, 2.75) is 42.6 Å². The predicted octanol–water partition coefficient (Wildman–Crippen LogP) is 3.65. The van der Waals surface area contributed by atoms with E-state index in [4.69, 9.17) is 0 Å². The molecule has 1 fully saturated rings. The molecular formula is C21H22FN5OS. The highest BCUT2D eigenvalue weighted by molar-refractivity contribution is 8.00. The number of carbonyl (C=O) groups excluding carboxylic acids is 1. The van der Waals surface area contributed by atoms with Crippen molar-refractivity contribution in [3.63, 3.8) is 0 Å². The summed E-state index contributed by atoms with van der Waals surface area (Å²) >= 11 is 1.42. The van der Waals surface area contributed by atoms with E-state index in [-0.39, 0.29) is 17.0 Å². The number of pyridine rings is 1. The van der Waals surface area contributed by atoms with Crippen molar-refractivity contribution in [2.24, 2.45) is 0 Å². The average molecular weight is 412 g/mol. The van der Waals surface area contributed by atoms with E-state index in [1.807, 2.05) is 19.1 Å². The van der Waals surface area contributed by atoms with Gasteiger partial charge in [0, 0.05) is 30.5 Å². The fourth-order valence-corrected chi connectivity index (χ4v) is 4.00. The van der Waals surface area contributed by atoms with E-state index < -0.39 is 0 Å². The molecule has 1 N–H and O–H groups in total. The Kier molecular flexibility index (Phi) is 5.89. The molecule has 1 atom stereocenters. The second kappa shape index (κ2) is 8.73. The molecule has 4 rings (SSSR count). The molecule has 8 heteroatoms. The van der Waals surface area contributed by atoms with E-state index >= 15 is 0 Å². The monoisotopic (exact) mass is 411 g/mol. The van der Waals surface area contributed by atoms with Gasteiger partial charge in [-0.3, -0.25) is 14.3 Å². The van der Waals surface area contributed by atoms with Gasteiger partial charge in [-0.15, -0.1) is 10.2 Å². The van der Waals surface area contributed by atoms with Crippen LogP contribution in [0.5, 0.6) is 0 Å². The molecule has 29 heavy (non-hydrogen) atoms. The zero-order valence-corrected chi connectivity index (χ0v) is 16.9. The van der Waals surface area contributed by atoms with Gasteiger partial charge in [-0.1, -0.05) is 23.9 Å². The molecule has 1 aromatic carbocycles. The largest absolute Gasteiger partial charge is 0.355 e. The van der Waals surface area contributed by atoms with E-state index in [1.165, 1.54) is 23.9 Å². The third-order valence-electron chi connectivity index (χ3n) is 4.79. The highest BCUT2D eigenvalue weighted by Gasteiger charge is 2.31. The van der Waals surface area contributed by atoms with Crippen LogP contribution in [0.1, 0.15) is 31.4 Å². The minimum Gasteiger partial charge on any atom is -0.355 e. The van der Waals surface area contributed by atoms with Gasteiger partial charge in [-0.05, 0) is 56.0 Å². The van der Waals surface area contributed by atoms with Gasteiger partial charge < -0.3 is 5.32 Å². The molecule has 0 radical (unpaired) electrons. The van der Waals surface area contributed by atoms with E-state index in [0.717, 1.165) is 34.9 Å². The molecule has 150 valence electrons. The summed E-state index contributed by atoms with van der Waals surface area (Å²) in [6.45, 7) is 2.38. The van der Waals surface area contributed by atoms with Crippen LogP contribution in [0.15, 0.2) is 53.9 Å². The molecule has 0 bridgehead atoms. The number of amides is 1. The van der Waals surface area contributed by atoms with Gasteiger partial charge in [0.05, 0.1) is 5.25 Å². The molecule has 0 saturated heterocycles. The second-order valence-corrected chi connectivity index (χ2v) is 8.38. The summed E-state index contributed by atoms with van der Waals surface area (Å²) in [5.74, 6) is 0.517. The van der Waals surface area contributed by atoms with E-state index in [9.17, 15) is 9.18 Å². The van der Waals surface area contributed by atoms with Crippen LogP contribution in [-0.2, 0) is 11.2 Å². The van der Waals surface area contributed by atoms with Gasteiger partial charge in [0.25, 0.3) is 0 Å². The Morgan fingerprint density at radius 3 is 2.62 bits per heavy atom. The van der Waals surface area contributed by atoms with Gasteiger partial charge >= 0.3 is 0 Å². The molecular weight excluding hydrogens is 389 g/mol. The minimum absolute atomic E-state index is 0.0482. The third-order valence-corrected chi connectivity index (χ3v) is 5.85. The van der Waals surface area contributed by atoms with Gasteiger partial charge in [-0.2, -0.15) is 0 Å². The van der Waals surface area contributed by atoms with Gasteiger partial charge in [0.15, 0.2) is 11.0 Å². The van der Waals surface area contributed by atoms with Crippen LogP contribution in [-0.4, -0.2) is 37.5 Å². The van der Waals surface area contributed by atoms with Crippen molar-refractivity contribution < 1.29 is 9.18 Å². The second-order valence-electron chi connectivity index (χ2n) is 7.07. The Morgan fingerprint density at radius 2 is 1.93 bits per heavy atom. The van der Waals surface area contributed by atoms with Crippen LogP contribution < -0.4 is 5.32 Å². The Bertz CT molecular complexity index is 972. The van der Waals surface area contributed by atoms with Gasteiger partial charge in [0.1, 0.15) is 5.82 Å². The van der Waals surface area contributed by atoms with E-state index in [2.05, 4.69) is 25.1 Å². The van der Waals surface area contributed by atoms with E-state index in [1.54, 1.807) is 24.5 Å². The number of carbonyl (C=O) groups is 1. The van der Waals surface area contributed by atoms with Crippen LogP contribution in [0.4, 0.5) is 4.39 Å². The fourth-order valence-electron chi connectivity index (χ4n) is 3.05. The van der Waals surface area contributed by atoms with Crippen LogP contribution in [0.3, 0.4) is 0 Å². The molecule has 0 aliphatic heterocycles. The Hall–Kier alpha value is -2.74. The summed E-state index contributed by atoms with van der Waals surface area (Å²) in [5, 5.41) is 12.1. The Morgan fingerprint density at radius 1 is 1.21 bits per heavy atom. The number of aromatic nitrogens is 4. The third kappa shape index (κ3) is 4.82. The summed E-state index contributed by atoms with van der Waals surface area (Å²) in [7, 11) is 0. The molecule has 1 aliphatic carbocycles. The lowest BCUT2D eigenvalue weighted by molar-refractivity contribution is -0.120. The summed E-state index contributed by atoms with van der Waals surface area (Å²) in [4.78, 5) is 16.6. The van der Waals surface area contributed by atoms with Crippen LogP contribution >= 0.6 is 11.8 Å². The number of halogens is 1. The average Bonchev–Trinajstić information content (AvgIpc) is 3.50. The maximum absolute atomic E-state index is 13.0. The van der Waals surface area contributed by atoms with Crippen molar-refractivity contribution in [3.05, 3.63) is 60.2 Å². The zero-order chi connectivity index (χ0) is 20.2. The first-order chi connectivity index (χ1) is 14.1. The number of nitrogens with zero attached hydrogens (tertiary/aromatic N) is 4. The molecule has 1 aliphatic rings. The summed E-state index contributed by atoms with van der Waals surface area (Å²) in [6.07, 6.45) is 6.34. The molecule has 0 unspecified atom stereocenters.